The summed E-state index contributed by atoms with van der Waals surface area (Å²) in [5.41, 5.74) is 1.14. The smallest absolute Gasteiger partial charge is 0.328 e. The maximum absolute atomic E-state index is 12.7. The number of esters is 1. The minimum atomic E-state index is -0.736. The predicted octanol–water partition coefficient (Wildman–Crippen LogP) is 5.28. The average molecular weight is 419 g/mol. The Hall–Kier alpha value is -3.74. The van der Waals surface area contributed by atoms with E-state index in [1.165, 1.54) is 7.11 Å². The minimum Gasteiger partial charge on any atom is -0.506 e. The van der Waals surface area contributed by atoms with E-state index in [-0.39, 0.29) is 11.7 Å². The summed E-state index contributed by atoms with van der Waals surface area (Å²) < 4.78 is 4.82. The van der Waals surface area contributed by atoms with Gasteiger partial charge in [0.25, 0.3) is 5.91 Å². The van der Waals surface area contributed by atoms with Crippen molar-refractivity contribution in [3.8, 4) is 5.75 Å². The Morgan fingerprint density at radius 3 is 2.58 bits per heavy atom. The van der Waals surface area contributed by atoms with Crippen molar-refractivity contribution in [3.63, 3.8) is 0 Å². The number of nitrogens with one attached hydrogen (secondary N) is 1. The molecule has 0 fully saturated rings. The van der Waals surface area contributed by atoms with Gasteiger partial charge in [0.1, 0.15) is 17.5 Å². The Morgan fingerprint density at radius 2 is 1.84 bits per heavy atom. The molecule has 1 amide bonds. The van der Waals surface area contributed by atoms with Crippen molar-refractivity contribution in [1.82, 2.24) is 5.32 Å². The number of phenolic OH excluding ortho intramolecular Hbond substituents is 1. The zero-order chi connectivity index (χ0) is 22.4. The van der Waals surface area contributed by atoms with Crippen molar-refractivity contribution >= 4 is 34.0 Å². The monoisotopic (exact) mass is 419 g/mol. The Balaban J connectivity index is 1.85. The SMILES string of the molecule is CC[C@H](C)[C@H](NC(=O)c1cccc(N=Nc2c(O)ccc3ccccc23)c1)C(=O)OC. The molecule has 160 valence electrons. The summed E-state index contributed by atoms with van der Waals surface area (Å²) in [4.78, 5) is 24.8. The van der Waals surface area contributed by atoms with Crippen LogP contribution in [0.15, 0.2) is 70.9 Å². The topological polar surface area (TPSA) is 100 Å². The van der Waals surface area contributed by atoms with Crippen LogP contribution in [0.1, 0.15) is 30.6 Å². The van der Waals surface area contributed by atoms with Crippen molar-refractivity contribution < 1.29 is 19.4 Å². The fourth-order valence-corrected chi connectivity index (χ4v) is 3.19. The van der Waals surface area contributed by atoms with E-state index in [1.54, 1.807) is 30.3 Å². The lowest BCUT2D eigenvalue weighted by molar-refractivity contribution is -0.144. The Kier molecular flexibility index (Phi) is 6.97. The molecule has 0 aliphatic carbocycles. The number of carbonyl (C=O) groups is 2. The zero-order valence-corrected chi connectivity index (χ0v) is 17.7. The second kappa shape index (κ2) is 9.84. The van der Waals surface area contributed by atoms with Crippen LogP contribution in [-0.4, -0.2) is 30.1 Å². The quantitative estimate of drug-likeness (QED) is 0.402. The van der Waals surface area contributed by atoms with E-state index < -0.39 is 17.9 Å². The summed E-state index contributed by atoms with van der Waals surface area (Å²) in [6, 6.07) is 16.8. The first kappa shape index (κ1) is 22.0. The number of aromatic hydroxyl groups is 1. The van der Waals surface area contributed by atoms with Gasteiger partial charge in [0.05, 0.1) is 12.8 Å². The number of benzene rings is 3. The molecule has 3 rings (SSSR count). The van der Waals surface area contributed by atoms with E-state index >= 15 is 0 Å². The second-order valence-corrected chi connectivity index (χ2v) is 7.26. The van der Waals surface area contributed by atoms with Crippen LogP contribution < -0.4 is 5.32 Å². The molecule has 0 aliphatic heterocycles. The number of hydrogen-bond donors (Lipinski definition) is 2. The molecule has 3 aromatic rings. The first-order valence-corrected chi connectivity index (χ1v) is 10.1. The maximum atomic E-state index is 12.7. The number of ether oxygens (including phenoxy) is 1. The minimum absolute atomic E-state index is 0.0193. The van der Waals surface area contributed by atoms with Gasteiger partial charge in [0.2, 0.25) is 0 Å². The third-order valence-electron chi connectivity index (χ3n) is 5.21. The number of nitrogens with zero attached hydrogens (tertiary/aromatic N) is 2. The van der Waals surface area contributed by atoms with Gasteiger partial charge < -0.3 is 15.2 Å². The number of amides is 1. The van der Waals surface area contributed by atoms with Crippen molar-refractivity contribution in [2.45, 2.75) is 26.3 Å². The van der Waals surface area contributed by atoms with Gasteiger partial charge in [0.15, 0.2) is 0 Å². The molecule has 0 aromatic heterocycles. The van der Waals surface area contributed by atoms with Crippen LogP contribution in [0.3, 0.4) is 0 Å². The molecule has 7 heteroatoms. The number of hydrogen-bond acceptors (Lipinski definition) is 6. The molecule has 0 bridgehead atoms. The van der Waals surface area contributed by atoms with Gasteiger partial charge in [-0.3, -0.25) is 4.79 Å². The number of carbonyl (C=O) groups excluding carboxylic acids is 2. The number of methoxy groups -OCH3 is 1. The van der Waals surface area contributed by atoms with Gasteiger partial charge in [-0.2, -0.15) is 5.11 Å². The van der Waals surface area contributed by atoms with Crippen molar-refractivity contribution in [3.05, 3.63) is 66.2 Å². The van der Waals surface area contributed by atoms with E-state index in [0.717, 1.165) is 10.8 Å². The van der Waals surface area contributed by atoms with Crippen LogP contribution in [0.4, 0.5) is 11.4 Å². The number of azo groups is 1. The standard InChI is InChI=1S/C24H25N3O4/c1-4-15(2)21(24(30)31-3)25-23(29)17-9-7-10-18(14-17)26-27-22-19-11-6-5-8-16(19)12-13-20(22)28/h5-15,21,28H,4H2,1-3H3,(H,25,29)/t15-,21-/m0/s1. The van der Waals surface area contributed by atoms with Crippen LogP contribution >= 0.6 is 0 Å². The van der Waals surface area contributed by atoms with Crippen LogP contribution in [0.5, 0.6) is 5.75 Å². The Morgan fingerprint density at radius 1 is 1.06 bits per heavy atom. The fourth-order valence-electron chi connectivity index (χ4n) is 3.19. The largest absolute Gasteiger partial charge is 0.506 e. The normalized spacial score (nSPS) is 13.1. The lowest BCUT2D eigenvalue weighted by Gasteiger charge is -2.21. The highest BCUT2D eigenvalue weighted by Gasteiger charge is 2.27. The highest BCUT2D eigenvalue weighted by molar-refractivity contribution is 5.97. The highest BCUT2D eigenvalue weighted by atomic mass is 16.5. The lowest BCUT2D eigenvalue weighted by atomic mass is 9.99. The summed E-state index contributed by atoms with van der Waals surface area (Å²) in [5.74, 6) is -0.940. The highest BCUT2D eigenvalue weighted by Crippen LogP contribution is 2.36. The molecule has 0 aliphatic rings. The summed E-state index contributed by atoms with van der Waals surface area (Å²) >= 11 is 0. The molecule has 0 saturated heterocycles. The van der Waals surface area contributed by atoms with Crippen molar-refractivity contribution in [2.75, 3.05) is 7.11 Å². The van der Waals surface area contributed by atoms with Crippen LogP contribution in [0.25, 0.3) is 10.8 Å². The summed E-state index contributed by atoms with van der Waals surface area (Å²) in [6.07, 6.45) is 0.711. The fraction of sp³-hybridized carbons (Fsp3) is 0.250. The number of phenols is 1. The van der Waals surface area contributed by atoms with Crippen molar-refractivity contribution in [2.24, 2.45) is 16.1 Å². The van der Waals surface area contributed by atoms with Crippen molar-refractivity contribution in [1.29, 1.82) is 0 Å². The molecule has 2 N–H and O–H groups in total. The molecule has 0 unspecified atom stereocenters. The van der Waals surface area contributed by atoms with Gasteiger partial charge in [-0.1, -0.05) is 56.7 Å². The van der Waals surface area contributed by atoms with E-state index in [2.05, 4.69) is 15.5 Å². The molecule has 7 nitrogen and oxygen atoms in total. The Bertz CT molecular complexity index is 1130. The average Bonchev–Trinajstić information content (AvgIpc) is 2.80. The van der Waals surface area contributed by atoms with Crippen LogP contribution in [-0.2, 0) is 9.53 Å². The molecule has 2 atom stereocenters. The lowest BCUT2D eigenvalue weighted by Crippen LogP contribution is -2.45. The first-order valence-electron chi connectivity index (χ1n) is 10.1. The molecular formula is C24H25N3O4. The van der Waals surface area contributed by atoms with Crippen LogP contribution in [0, 0.1) is 5.92 Å². The van der Waals surface area contributed by atoms with E-state index in [9.17, 15) is 14.7 Å². The molecule has 0 spiro atoms. The number of fused-ring (bicyclic) bond motifs is 1. The van der Waals surface area contributed by atoms with Gasteiger partial charge >= 0.3 is 5.97 Å². The third-order valence-corrected chi connectivity index (χ3v) is 5.21. The zero-order valence-electron chi connectivity index (χ0n) is 17.7. The van der Waals surface area contributed by atoms with Gasteiger partial charge in [0, 0.05) is 10.9 Å². The Labute approximate surface area is 180 Å². The van der Waals surface area contributed by atoms with Crippen LogP contribution in [0.2, 0.25) is 0 Å². The number of rotatable bonds is 7. The summed E-state index contributed by atoms with van der Waals surface area (Å²) in [5, 5.41) is 23.1. The molecule has 0 heterocycles. The summed E-state index contributed by atoms with van der Waals surface area (Å²) in [7, 11) is 1.30. The van der Waals surface area contributed by atoms with Gasteiger partial charge in [-0.25, -0.2) is 4.79 Å². The second-order valence-electron chi connectivity index (χ2n) is 7.26. The van der Waals surface area contributed by atoms with E-state index in [0.29, 0.717) is 23.4 Å². The maximum Gasteiger partial charge on any atom is 0.328 e. The predicted molar refractivity (Wildman–Crippen MR) is 119 cm³/mol. The van der Waals surface area contributed by atoms with Gasteiger partial charge in [-0.05, 0) is 35.6 Å². The summed E-state index contributed by atoms with van der Waals surface area (Å²) in [6.45, 7) is 3.82. The first-order chi connectivity index (χ1) is 14.9. The third kappa shape index (κ3) is 5.06. The van der Waals surface area contributed by atoms with Gasteiger partial charge in [-0.15, -0.1) is 5.11 Å². The molecule has 0 saturated carbocycles. The van der Waals surface area contributed by atoms with E-state index in [1.807, 2.05) is 44.2 Å². The molecule has 3 aromatic carbocycles. The van der Waals surface area contributed by atoms with E-state index in [4.69, 9.17) is 4.74 Å². The molecule has 31 heavy (non-hydrogen) atoms. The molecular weight excluding hydrogens is 394 g/mol. The molecule has 0 radical (unpaired) electrons.